The van der Waals surface area contributed by atoms with Gasteiger partial charge in [0.15, 0.2) is 0 Å². The van der Waals surface area contributed by atoms with Gasteiger partial charge in [0.1, 0.15) is 11.4 Å². The van der Waals surface area contributed by atoms with E-state index in [1.165, 1.54) is 0 Å². The molecule has 1 rings (SSSR count). The summed E-state index contributed by atoms with van der Waals surface area (Å²) in [6, 6.07) is 7.84. The molecular formula is C14H21NO2. The number of nitrogens with zero attached hydrogens (tertiary/aromatic N) is 1. The van der Waals surface area contributed by atoms with E-state index >= 15 is 0 Å². The van der Waals surface area contributed by atoms with Gasteiger partial charge < -0.3 is 9.57 Å². The molecule has 17 heavy (non-hydrogen) atoms. The van der Waals surface area contributed by atoms with Crippen molar-refractivity contribution in [2.45, 2.75) is 39.7 Å². The van der Waals surface area contributed by atoms with Gasteiger partial charge in [-0.3, -0.25) is 0 Å². The molecule has 0 saturated heterocycles. The molecule has 3 nitrogen and oxygen atoms in total. The van der Waals surface area contributed by atoms with Crippen molar-refractivity contribution in [3.63, 3.8) is 0 Å². The number of rotatable bonds is 4. The molecule has 0 N–H and O–H groups in total. The maximum Gasteiger partial charge on any atom is 0.129 e. The van der Waals surface area contributed by atoms with Gasteiger partial charge in [0.2, 0.25) is 0 Å². The Balaban J connectivity index is 2.85. The van der Waals surface area contributed by atoms with Crippen LogP contribution in [0.3, 0.4) is 0 Å². The molecule has 1 aromatic carbocycles. The molecule has 3 heteroatoms. The molecule has 0 saturated carbocycles. The minimum Gasteiger partial charge on any atom is -0.497 e. The summed E-state index contributed by atoms with van der Waals surface area (Å²) in [5.74, 6) is 0.848. The molecule has 94 valence electrons. The van der Waals surface area contributed by atoms with Crippen molar-refractivity contribution in [2.24, 2.45) is 5.16 Å². The minimum absolute atomic E-state index is 0.257. The second-order valence-corrected chi connectivity index (χ2v) is 4.82. The van der Waals surface area contributed by atoms with E-state index < -0.39 is 0 Å². The van der Waals surface area contributed by atoms with Crippen molar-refractivity contribution in [1.29, 1.82) is 0 Å². The molecular weight excluding hydrogens is 214 g/mol. The number of methoxy groups -OCH3 is 1. The van der Waals surface area contributed by atoms with Gasteiger partial charge in [-0.2, -0.15) is 0 Å². The number of hydrogen-bond acceptors (Lipinski definition) is 3. The van der Waals surface area contributed by atoms with Gasteiger partial charge >= 0.3 is 0 Å². The van der Waals surface area contributed by atoms with Crippen molar-refractivity contribution in [2.75, 3.05) is 7.11 Å². The Kier molecular flexibility index (Phi) is 4.55. The molecule has 0 unspecified atom stereocenters. The third-order valence-corrected chi connectivity index (χ3v) is 2.19. The third kappa shape index (κ3) is 4.47. The Morgan fingerprint density at radius 2 is 1.76 bits per heavy atom. The lowest BCUT2D eigenvalue weighted by molar-refractivity contribution is 0.000746. The first-order valence-electron chi connectivity index (χ1n) is 5.85. The molecule has 0 heterocycles. The smallest absolute Gasteiger partial charge is 0.129 e. The fourth-order valence-electron chi connectivity index (χ4n) is 1.30. The lowest BCUT2D eigenvalue weighted by atomic mass is 10.1. The van der Waals surface area contributed by atoms with Crippen molar-refractivity contribution < 1.29 is 9.57 Å². The molecule has 0 atom stereocenters. The second-order valence-electron chi connectivity index (χ2n) is 4.82. The predicted octanol–water partition coefficient (Wildman–Crippen LogP) is 3.62. The van der Waals surface area contributed by atoms with Gasteiger partial charge in [-0.1, -0.05) is 12.1 Å². The van der Waals surface area contributed by atoms with Crippen molar-refractivity contribution >= 4 is 5.71 Å². The predicted molar refractivity (Wildman–Crippen MR) is 70.7 cm³/mol. The highest BCUT2D eigenvalue weighted by atomic mass is 16.6. The highest BCUT2D eigenvalue weighted by Crippen LogP contribution is 2.15. The van der Waals surface area contributed by atoms with E-state index in [-0.39, 0.29) is 5.60 Å². The maximum atomic E-state index is 5.45. The largest absolute Gasteiger partial charge is 0.497 e. The SMILES string of the molecule is CC/C(=N\OC(C)(C)C)c1ccc(OC)cc1. The molecule has 0 aliphatic rings. The summed E-state index contributed by atoms with van der Waals surface area (Å²) < 4.78 is 5.13. The summed E-state index contributed by atoms with van der Waals surface area (Å²) >= 11 is 0. The fourth-order valence-corrected chi connectivity index (χ4v) is 1.30. The highest BCUT2D eigenvalue weighted by molar-refractivity contribution is 6.00. The molecule has 0 bridgehead atoms. The Labute approximate surface area is 103 Å². The van der Waals surface area contributed by atoms with Gasteiger partial charge in [0, 0.05) is 0 Å². The van der Waals surface area contributed by atoms with E-state index in [1.54, 1.807) is 7.11 Å². The molecule has 0 spiro atoms. The van der Waals surface area contributed by atoms with E-state index in [9.17, 15) is 0 Å². The number of ether oxygens (including phenoxy) is 1. The average molecular weight is 235 g/mol. The van der Waals surface area contributed by atoms with Gasteiger partial charge in [-0.15, -0.1) is 0 Å². The van der Waals surface area contributed by atoms with Crippen molar-refractivity contribution in [3.05, 3.63) is 29.8 Å². The van der Waals surface area contributed by atoms with Gasteiger partial charge in [0.05, 0.1) is 12.8 Å². The average Bonchev–Trinajstić information content (AvgIpc) is 2.29. The van der Waals surface area contributed by atoms with Gasteiger partial charge in [0.25, 0.3) is 0 Å². The topological polar surface area (TPSA) is 30.8 Å². The molecule has 0 amide bonds. The van der Waals surface area contributed by atoms with Crippen LogP contribution in [-0.4, -0.2) is 18.4 Å². The highest BCUT2D eigenvalue weighted by Gasteiger charge is 2.11. The van der Waals surface area contributed by atoms with E-state index in [0.29, 0.717) is 0 Å². The van der Waals surface area contributed by atoms with Crippen LogP contribution in [0.25, 0.3) is 0 Å². The Morgan fingerprint density at radius 3 is 2.18 bits per heavy atom. The zero-order chi connectivity index (χ0) is 12.9. The number of hydrogen-bond donors (Lipinski definition) is 0. The zero-order valence-electron chi connectivity index (χ0n) is 11.3. The number of oxime groups is 1. The van der Waals surface area contributed by atoms with E-state index in [0.717, 1.165) is 23.4 Å². The molecule has 0 aliphatic carbocycles. The normalized spacial score (nSPS) is 12.4. The zero-order valence-corrected chi connectivity index (χ0v) is 11.3. The van der Waals surface area contributed by atoms with Crippen LogP contribution in [0.5, 0.6) is 5.75 Å². The first kappa shape index (κ1) is 13.6. The van der Waals surface area contributed by atoms with Gasteiger partial charge in [-0.05, 0) is 57.0 Å². The van der Waals surface area contributed by atoms with Crippen LogP contribution >= 0.6 is 0 Å². The fraction of sp³-hybridized carbons (Fsp3) is 0.500. The van der Waals surface area contributed by atoms with Crippen LogP contribution in [-0.2, 0) is 4.84 Å². The Hall–Kier alpha value is -1.51. The van der Waals surface area contributed by atoms with Crippen molar-refractivity contribution in [3.8, 4) is 5.75 Å². The minimum atomic E-state index is -0.257. The summed E-state index contributed by atoms with van der Waals surface area (Å²) in [7, 11) is 1.66. The Bertz CT molecular complexity index is 374. The standard InChI is InChI=1S/C14H21NO2/c1-6-13(15-17-14(2,3)4)11-7-9-12(16-5)10-8-11/h7-10H,6H2,1-5H3/b15-13+. The maximum absolute atomic E-state index is 5.45. The van der Waals surface area contributed by atoms with E-state index in [2.05, 4.69) is 12.1 Å². The first-order valence-corrected chi connectivity index (χ1v) is 5.85. The molecule has 0 aromatic heterocycles. The van der Waals surface area contributed by atoms with E-state index in [1.807, 2.05) is 45.0 Å². The summed E-state index contributed by atoms with van der Waals surface area (Å²) in [5, 5.41) is 4.22. The molecule has 0 fully saturated rings. The summed E-state index contributed by atoms with van der Waals surface area (Å²) in [4.78, 5) is 5.45. The molecule has 0 aliphatic heterocycles. The molecule has 1 aromatic rings. The van der Waals surface area contributed by atoms with Crippen LogP contribution in [0.4, 0.5) is 0 Å². The number of benzene rings is 1. The van der Waals surface area contributed by atoms with Crippen molar-refractivity contribution in [1.82, 2.24) is 0 Å². The Morgan fingerprint density at radius 1 is 1.18 bits per heavy atom. The van der Waals surface area contributed by atoms with Crippen LogP contribution < -0.4 is 4.74 Å². The second kappa shape index (κ2) is 5.71. The van der Waals surface area contributed by atoms with Crippen LogP contribution in [0, 0.1) is 0 Å². The lowest BCUT2D eigenvalue weighted by Crippen LogP contribution is -2.17. The summed E-state index contributed by atoms with van der Waals surface area (Å²) in [6.45, 7) is 8.02. The lowest BCUT2D eigenvalue weighted by Gasteiger charge is -2.16. The first-order chi connectivity index (χ1) is 7.96. The summed E-state index contributed by atoms with van der Waals surface area (Å²) in [5.41, 5.74) is 1.76. The third-order valence-electron chi connectivity index (χ3n) is 2.19. The van der Waals surface area contributed by atoms with Gasteiger partial charge in [-0.25, -0.2) is 0 Å². The monoisotopic (exact) mass is 235 g/mol. The van der Waals surface area contributed by atoms with Crippen LogP contribution in [0.2, 0.25) is 0 Å². The van der Waals surface area contributed by atoms with Crippen LogP contribution in [0.1, 0.15) is 39.7 Å². The van der Waals surface area contributed by atoms with Crippen LogP contribution in [0.15, 0.2) is 29.4 Å². The summed E-state index contributed by atoms with van der Waals surface area (Å²) in [6.07, 6.45) is 0.836. The quantitative estimate of drug-likeness (QED) is 0.589. The molecule has 0 radical (unpaired) electrons. The van der Waals surface area contributed by atoms with E-state index in [4.69, 9.17) is 9.57 Å².